The molecule has 5 heterocycles. The number of rotatable bonds is 4. The van der Waals surface area contributed by atoms with Gasteiger partial charge in [-0.3, -0.25) is 9.78 Å². The number of carbonyl (C=O) groups is 1. The minimum Gasteiger partial charge on any atom is -0.371 e. The van der Waals surface area contributed by atoms with Crippen LogP contribution in [0.5, 0.6) is 0 Å². The van der Waals surface area contributed by atoms with Crippen molar-refractivity contribution in [1.29, 1.82) is 0 Å². The molecule has 4 aromatic heterocycles. The van der Waals surface area contributed by atoms with Crippen LogP contribution in [0.2, 0.25) is 0 Å². The van der Waals surface area contributed by atoms with Crippen LogP contribution in [0.1, 0.15) is 19.8 Å². The van der Waals surface area contributed by atoms with Gasteiger partial charge < -0.3 is 15.5 Å². The summed E-state index contributed by atoms with van der Waals surface area (Å²) in [6.45, 7) is 3.11. The molecule has 0 bridgehead atoms. The van der Waals surface area contributed by atoms with Gasteiger partial charge in [-0.05, 0) is 31.0 Å². The zero-order valence-corrected chi connectivity index (χ0v) is 17.4. The van der Waals surface area contributed by atoms with Crippen LogP contribution in [-0.2, 0) is 4.79 Å². The van der Waals surface area contributed by atoms with Crippen LogP contribution in [0.15, 0.2) is 36.8 Å². The number of nitrogens with zero attached hydrogens (tertiary/aromatic N) is 7. The maximum absolute atomic E-state index is 11.5. The fourth-order valence-corrected chi connectivity index (χ4v) is 3.99. The van der Waals surface area contributed by atoms with Crippen molar-refractivity contribution in [1.82, 2.24) is 34.4 Å². The van der Waals surface area contributed by atoms with Gasteiger partial charge in [0.05, 0.1) is 5.69 Å². The number of hydrogen-bond donors (Lipinski definition) is 2. The predicted molar refractivity (Wildman–Crippen MR) is 118 cm³/mol. The molecule has 4 aromatic rings. The molecule has 10 heteroatoms. The van der Waals surface area contributed by atoms with Gasteiger partial charge in [0, 0.05) is 57.3 Å². The lowest BCUT2D eigenvalue weighted by Gasteiger charge is -2.31. The molecule has 5 rings (SSSR count). The van der Waals surface area contributed by atoms with E-state index in [0.29, 0.717) is 17.4 Å². The number of amides is 1. The highest BCUT2D eigenvalue weighted by Gasteiger charge is 2.22. The molecule has 2 N–H and O–H groups in total. The molecule has 0 atom stereocenters. The first-order valence-corrected chi connectivity index (χ1v) is 10.3. The summed E-state index contributed by atoms with van der Waals surface area (Å²) in [6.07, 6.45) is 6.93. The van der Waals surface area contributed by atoms with Gasteiger partial charge in [0.2, 0.25) is 11.9 Å². The van der Waals surface area contributed by atoms with Gasteiger partial charge in [0.1, 0.15) is 11.0 Å². The minimum atomic E-state index is 0.127. The molecule has 1 aliphatic heterocycles. The first-order chi connectivity index (χ1) is 15.1. The van der Waals surface area contributed by atoms with Crippen LogP contribution >= 0.6 is 0 Å². The van der Waals surface area contributed by atoms with Crippen molar-refractivity contribution >= 4 is 34.4 Å². The standard InChI is InChI=1S/C21H23N9O/c1-13(31)29-10-5-14(6-11-29)25-21-27-20(22-2)18-15(7-12-30(18)28-21)16-3-4-17-19(26-16)24-9-8-23-17/h3-4,7-9,12,14H,5-6,10-11H2,1-2H3,(H2,22,25,27,28). The van der Waals surface area contributed by atoms with Crippen molar-refractivity contribution in [3.8, 4) is 11.3 Å². The quantitative estimate of drug-likeness (QED) is 0.520. The van der Waals surface area contributed by atoms with E-state index in [-0.39, 0.29) is 11.9 Å². The summed E-state index contributed by atoms with van der Waals surface area (Å²) in [4.78, 5) is 31.4. The Labute approximate surface area is 178 Å². The number of hydrogen-bond acceptors (Lipinski definition) is 8. The molecule has 158 valence electrons. The molecule has 0 aromatic carbocycles. The van der Waals surface area contributed by atoms with Crippen LogP contribution in [0.3, 0.4) is 0 Å². The normalized spacial score (nSPS) is 14.8. The molecule has 0 spiro atoms. The SMILES string of the molecule is CNc1nc(NC2CCN(C(C)=O)CC2)nn2ccc(-c3ccc4nccnc4n3)c12. The third-order valence-corrected chi connectivity index (χ3v) is 5.63. The van der Waals surface area contributed by atoms with Crippen LogP contribution in [0, 0.1) is 0 Å². The van der Waals surface area contributed by atoms with E-state index >= 15 is 0 Å². The summed E-state index contributed by atoms with van der Waals surface area (Å²) < 4.78 is 1.81. The first kappa shape index (κ1) is 19.2. The second kappa shape index (κ2) is 7.78. The van der Waals surface area contributed by atoms with E-state index in [0.717, 1.165) is 48.2 Å². The number of anilines is 2. The average molecular weight is 417 g/mol. The van der Waals surface area contributed by atoms with Gasteiger partial charge in [-0.2, -0.15) is 4.98 Å². The van der Waals surface area contributed by atoms with E-state index in [1.165, 1.54) is 0 Å². The van der Waals surface area contributed by atoms with Crippen molar-refractivity contribution in [2.75, 3.05) is 30.8 Å². The number of pyridine rings is 1. The van der Waals surface area contributed by atoms with Crippen molar-refractivity contribution < 1.29 is 4.79 Å². The van der Waals surface area contributed by atoms with Gasteiger partial charge in [0.25, 0.3) is 0 Å². The van der Waals surface area contributed by atoms with Gasteiger partial charge in [-0.25, -0.2) is 14.5 Å². The Morgan fingerprint density at radius 3 is 2.68 bits per heavy atom. The van der Waals surface area contributed by atoms with E-state index in [4.69, 9.17) is 4.98 Å². The molecular weight excluding hydrogens is 394 g/mol. The average Bonchev–Trinajstić information content (AvgIpc) is 3.22. The summed E-state index contributed by atoms with van der Waals surface area (Å²) in [6, 6.07) is 6.05. The van der Waals surface area contributed by atoms with Gasteiger partial charge in [-0.1, -0.05) is 0 Å². The van der Waals surface area contributed by atoms with Crippen LogP contribution in [0.4, 0.5) is 11.8 Å². The monoisotopic (exact) mass is 417 g/mol. The maximum atomic E-state index is 11.5. The molecule has 0 radical (unpaired) electrons. The fourth-order valence-electron chi connectivity index (χ4n) is 3.99. The molecular formula is C21H23N9O. The lowest BCUT2D eigenvalue weighted by atomic mass is 10.1. The van der Waals surface area contributed by atoms with Crippen molar-refractivity contribution in [2.24, 2.45) is 0 Å². The largest absolute Gasteiger partial charge is 0.371 e. The third kappa shape index (κ3) is 3.60. The fraction of sp³-hybridized carbons (Fsp3) is 0.333. The van der Waals surface area contributed by atoms with Crippen molar-refractivity contribution in [2.45, 2.75) is 25.8 Å². The molecule has 0 aliphatic carbocycles. The van der Waals surface area contributed by atoms with E-state index < -0.39 is 0 Å². The topological polar surface area (TPSA) is 113 Å². The Morgan fingerprint density at radius 1 is 1.10 bits per heavy atom. The van der Waals surface area contributed by atoms with Gasteiger partial charge >= 0.3 is 0 Å². The molecule has 1 fully saturated rings. The highest BCUT2D eigenvalue weighted by Crippen LogP contribution is 2.30. The summed E-state index contributed by atoms with van der Waals surface area (Å²) in [5, 5.41) is 11.3. The molecule has 1 aliphatic rings. The predicted octanol–water partition coefficient (Wildman–Crippen LogP) is 2.20. The Balaban J connectivity index is 1.46. The van der Waals surface area contributed by atoms with Gasteiger partial charge in [0.15, 0.2) is 11.5 Å². The van der Waals surface area contributed by atoms with Crippen molar-refractivity contribution in [3.05, 3.63) is 36.8 Å². The molecule has 31 heavy (non-hydrogen) atoms. The van der Waals surface area contributed by atoms with E-state index in [2.05, 4.69) is 30.7 Å². The Kier molecular flexibility index (Phi) is 4.81. The van der Waals surface area contributed by atoms with Crippen LogP contribution < -0.4 is 10.6 Å². The Bertz CT molecular complexity index is 1260. The van der Waals surface area contributed by atoms with Crippen LogP contribution in [0.25, 0.3) is 27.9 Å². The Hall–Kier alpha value is -3.82. The molecule has 0 saturated carbocycles. The lowest BCUT2D eigenvalue weighted by molar-refractivity contribution is -0.129. The highest BCUT2D eigenvalue weighted by atomic mass is 16.2. The molecule has 0 unspecified atom stereocenters. The summed E-state index contributed by atoms with van der Waals surface area (Å²) in [7, 11) is 1.84. The summed E-state index contributed by atoms with van der Waals surface area (Å²) >= 11 is 0. The van der Waals surface area contributed by atoms with Crippen LogP contribution in [-0.4, -0.2) is 66.5 Å². The number of aromatic nitrogens is 6. The highest BCUT2D eigenvalue weighted by molar-refractivity contribution is 5.89. The second-order valence-corrected chi connectivity index (χ2v) is 7.58. The lowest BCUT2D eigenvalue weighted by Crippen LogP contribution is -2.41. The smallest absolute Gasteiger partial charge is 0.243 e. The summed E-state index contributed by atoms with van der Waals surface area (Å²) in [5.74, 6) is 1.39. The summed E-state index contributed by atoms with van der Waals surface area (Å²) in [5.41, 5.74) is 3.89. The first-order valence-electron chi connectivity index (χ1n) is 10.3. The van der Waals surface area contributed by atoms with E-state index in [1.807, 2.05) is 40.9 Å². The van der Waals surface area contributed by atoms with E-state index in [1.54, 1.807) is 19.3 Å². The Morgan fingerprint density at radius 2 is 1.90 bits per heavy atom. The number of likely N-dealkylation sites (tertiary alicyclic amines) is 1. The second-order valence-electron chi connectivity index (χ2n) is 7.58. The zero-order valence-electron chi connectivity index (χ0n) is 17.4. The third-order valence-electron chi connectivity index (χ3n) is 5.63. The molecule has 10 nitrogen and oxygen atoms in total. The van der Waals surface area contributed by atoms with Crippen molar-refractivity contribution in [3.63, 3.8) is 0 Å². The number of nitrogens with one attached hydrogen (secondary N) is 2. The maximum Gasteiger partial charge on any atom is 0.243 e. The zero-order chi connectivity index (χ0) is 21.4. The molecule has 1 saturated heterocycles. The van der Waals surface area contributed by atoms with E-state index in [9.17, 15) is 4.79 Å². The molecule has 1 amide bonds. The van der Waals surface area contributed by atoms with Gasteiger partial charge in [-0.15, -0.1) is 5.10 Å². The minimum absolute atomic E-state index is 0.127. The number of carbonyl (C=O) groups excluding carboxylic acids is 1. The number of piperidine rings is 1. The number of fused-ring (bicyclic) bond motifs is 2.